The Morgan fingerprint density at radius 2 is 2.42 bits per heavy atom. The van der Waals surface area contributed by atoms with Gasteiger partial charge in [-0.1, -0.05) is 0 Å². The summed E-state index contributed by atoms with van der Waals surface area (Å²) in [5, 5.41) is 2.79. The molecule has 0 aromatic heterocycles. The highest BCUT2D eigenvalue weighted by molar-refractivity contribution is 7.98. The van der Waals surface area contributed by atoms with Crippen LogP contribution >= 0.6 is 11.8 Å². The zero-order valence-corrected chi connectivity index (χ0v) is 8.32. The summed E-state index contributed by atoms with van der Waals surface area (Å²) in [6, 6.07) is 0.110. The maximum atomic E-state index is 11.0. The molecule has 3 nitrogen and oxygen atoms in total. The molecule has 0 aromatic rings. The zero-order valence-electron chi connectivity index (χ0n) is 7.51. The molecule has 0 spiro atoms. The Hall–Kier alpha value is -0.380. The molecule has 0 saturated carbocycles. The monoisotopic (exact) mass is 188 g/mol. The van der Waals surface area contributed by atoms with Crippen molar-refractivity contribution < 1.29 is 4.79 Å². The summed E-state index contributed by atoms with van der Waals surface area (Å²) in [4.78, 5) is 12.9. The third-order valence-corrected chi connectivity index (χ3v) is 2.67. The second-order valence-corrected chi connectivity index (χ2v) is 3.90. The molecular weight excluding hydrogens is 172 g/mol. The quantitative estimate of drug-likeness (QED) is 0.657. The van der Waals surface area contributed by atoms with E-state index in [0.717, 1.165) is 26.1 Å². The number of thioether (sulfide) groups is 1. The fraction of sp³-hybridized carbons (Fsp3) is 0.875. The van der Waals surface area contributed by atoms with Crippen LogP contribution in [-0.2, 0) is 0 Å². The Morgan fingerprint density at radius 3 is 3.00 bits per heavy atom. The van der Waals surface area contributed by atoms with Gasteiger partial charge in [-0.25, -0.2) is 4.79 Å². The molecule has 1 aliphatic heterocycles. The van der Waals surface area contributed by atoms with Crippen LogP contribution in [-0.4, -0.2) is 42.6 Å². The molecule has 0 aliphatic carbocycles. The molecule has 0 radical (unpaired) electrons. The number of nitrogens with one attached hydrogen (secondary N) is 1. The molecule has 4 heteroatoms. The van der Waals surface area contributed by atoms with Gasteiger partial charge in [-0.15, -0.1) is 0 Å². The van der Waals surface area contributed by atoms with Gasteiger partial charge < -0.3 is 10.2 Å². The first-order valence-corrected chi connectivity index (χ1v) is 5.75. The average Bonchev–Trinajstić information content (AvgIpc) is 2.46. The topological polar surface area (TPSA) is 32.3 Å². The maximum absolute atomic E-state index is 11.0. The number of amides is 2. The van der Waals surface area contributed by atoms with Gasteiger partial charge in [0.25, 0.3) is 0 Å². The first-order chi connectivity index (χ1) is 5.84. The molecule has 1 saturated heterocycles. The van der Waals surface area contributed by atoms with Crippen LogP contribution in [0, 0.1) is 0 Å². The van der Waals surface area contributed by atoms with Crippen molar-refractivity contribution in [2.24, 2.45) is 0 Å². The zero-order chi connectivity index (χ0) is 8.81. The Morgan fingerprint density at radius 1 is 1.58 bits per heavy atom. The van der Waals surface area contributed by atoms with E-state index in [-0.39, 0.29) is 6.03 Å². The van der Waals surface area contributed by atoms with Crippen molar-refractivity contribution in [3.63, 3.8) is 0 Å². The fourth-order valence-corrected chi connectivity index (χ4v) is 1.77. The van der Waals surface area contributed by atoms with E-state index in [1.54, 1.807) is 0 Å². The average molecular weight is 188 g/mol. The molecule has 1 aliphatic rings. The number of carbonyl (C=O) groups excluding carboxylic acids is 1. The smallest absolute Gasteiger partial charge is 0.317 e. The van der Waals surface area contributed by atoms with Crippen molar-refractivity contribution in [2.45, 2.75) is 12.8 Å². The van der Waals surface area contributed by atoms with Crippen molar-refractivity contribution in [3.8, 4) is 0 Å². The van der Waals surface area contributed by atoms with E-state index in [0.29, 0.717) is 0 Å². The highest BCUT2D eigenvalue weighted by atomic mass is 32.2. The van der Waals surface area contributed by atoms with Gasteiger partial charge in [0.15, 0.2) is 0 Å². The van der Waals surface area contributed by atoms with E-state index in [9.17, 15) is 4.79 Å². The van der Waals surface area contributed by atoms with Gasteiger partial charge in [0, 0.05) is 19.6 Å². The largest absolute Gasteiger partial charge is 0.336 e. The Kier molecular flexibility index (Phi) is 4.29. The summed E-state index contributed by atoms with van der Waals surface area (Å²) >= 11 is 1.87. The lowest BCUT2D eigenvalue weighted by atomic mass is 10.3. The van der Waals surface area contributed by atoms with E-state index in [2.05, 4.69) is 11.6 Å². The normalized spacial score (nSPS) is 16.8. The van der Waals surface area contributed by atoms with E-state index >= 15 is 0 Å². The lowest BCUT2D eigenvalue weighted by molar-refractivity contribution is 0.217. The van der Waals surface area contributed by atoms with Gasteiger partial charge >= 0.3 is 6.03 Å². The first-order valence-electron chi connectivity index (χ1n) is 4.36. The Labute approximate surface area is 77.9 Å². The standard InChI is InChI=1S/C8H16N2OS/c1-12-7-3-2-5-10-6-4-9-8(10)11/h2-7H2,1H3,(H,9,11). The summed E-state index contributed by atoms with van der Waals surface area (Å²) in [7, 11) is 0. The summed E-state index contributed by atoms with van der Waals surface area (Å²) < 4.78 is 0. The van der Waals surface area contributed by atoms with E-state index < -0.39 is 0 Å². The molecule has 70 valence electrons. The first kappa shape index (κ1) is 9.71. The summed E-state index contributed by atoms with van der Waals surface area (Å²) in [6.07, 6.45) is 4.46. The SMILES string of the molecule is CSCCCCN1CCNC1=O. The van der Waals surface area contributed by atoms with E-state index in [1.807, 2.05) is 16.7 Å². The Balaban J connectivity index is 2.02. The van der Waals surface area contributed by atoms with Crippen LogP contribution in [0.25, 0.3) is 0 Å². The third kappa shape index (κ3) is 2.93. The van der Waals surface area contributed by atoms with Gasteiger partial charge in [-0.2, -0.15) is 11.8 Å². The van der Waals surface area contributed by atoms with Crippen LogP contribution in [0.3, 0.4) is 0 Å². The summed E-state index contributed by atoms with van der Waals surface area (Å²) in [5.41, 5.74) is 0. The van der Waals surface area contributed by atoms with Crippen LogP contribution in [0.5, 0.6) is 0 Å². The fourth-order valence-electron chi connectivity index (χ4n) is 1.27. The predicted molar refractivity (Wildman–Crippen MR) is 52.6 cm³/mol. The van der Waals surface area contributed by atoms with Gasteiger partial charge in [-0.05, 0) is 24.9 Å². The minimum atomic E-state index is 0.110. The number of urea groups is 1. The van der Waals surface area contributed by atoms with Crippen molar-refractivity contribution >= 4 is 17.8 Å². The molecule has 0 atom stereocenters. The number of nitrogens with zero attached hydrogens (tertiary/aromatic N) is 1. The molecule has 1 N–H and O–H groups in total. The van der Waals surface area contributed by atoms with Crippen molar-refractivity contribution in [2.75, 3.05) is 31.6 Å². The second kappa shape index (κ2) is 5.30. The molecule has 0 bridgehead atoms. The Bertz CT molecular complexity index is 152. The van der Waals surface area contributed by atoms with Crippen LogP contribution < -0.4 is 5.32 Å². The minimum Gasteiger partial charge on any atom is -0.336 e. The van der Waals surface area contributed by atoms with E-state index in [4.69, 9.17) is 0 Å². The number of hydrogen-bond donors (Lipinski definition) is 1. The van der Waals surface area contributed by atoms with Gasteiger partial charge in [-0.3, -0.25) is 0 Å². The number of rotatable bonds is 5. The minimum absolute atomic E-state index is 0.110. The third-order valence-electron chi connectivity index (χ3n) is 1.97. The van der Waals surface area contributed by atoms with Crippen molar-refractivity contribution in [1.82, 2.24) is 10.2 Å². The van der Waals surface area contributed by atoms with Gasteiger partial charge in [0.05, 0.1) is 0 Å². The number of carbonyl (C=O) groups is 1. The van der Waals surface area contributed by atoms with Crippen molar-refractivity contribution in [1.29, 1.82) is 0 Å². The molecular formula is C8H16N2OS. The van der Waals surface area contributed by atoms with Gasteiger partial charge in [0.2, 0.25) is 0 Å². The number of unbranched alkanes of at least 4 members (excludes halogenated alkanes) is 1. The number of hydrogen-bond acceptors (Lipinski definition) is 2. The summed E-state index contributed by atoms with van der Waals surface area (Å²) in [6.45, 7) is 2.63. The highest BCUT2D eigenvalue weighted by Crippen LogP contribution is 2.03. The highest BCUT2D eigenvalue weighted by Gasteiger charge is 2.17. The van der Waals surface area contributed by atoms with Gasteiger partial charge in [0.1, 0.15) is 0 Å². The lowest BCUT2D eigenvalue weighted by Crippen LogP contribution is -2.28. The predicted octanol–water partition coefficient (Wildman–Crippen LogP) is 1.15. The maximum Gasteiger partial charge on any atom is 0.317 e. The van der Waals surface area contributed by atoms with E-state index in [1.165, 1.54) is 12.2 Å². The molecule has 0 aromatic carbocycles. The molecule has 1 rings (SSSR count). The van der Waals surface area contributed by atoms with Crippen LogP contribution in [0.1, 0.15) is 12.8 Å². The molecule has 1 heterocycles. The van der Waals surface area contributed by atoms with Crippen LogP contribution in [0.15, 0.2) is 0 Å². The molecule has 2 amide bonds. The van der Waals surface area contributed by atoms with Crippen LogP contribution in [0.4, 0.5) is 4.79 Å². The molecule has 1 fully saturated rings. The van der Waals surface area contributed by atoms with Crippen LogP contribution in [0.2, 0.25) is 0 Å². The second-order valence-electron chi connectivity index (χ2n) is 2.92. The summed E-state index contributed by atoms with van der Waals surface area (Å²) in [5.74, 6) is 1.20. The van der Waals surface area contributed by atoms with Crippen molar-refractivity contribution in [3.05, 3.63) is 0 Å². The molecule has 12 heavy (non-hydrogen) atoms. The molecule has 0 unspecified atom stereocenters. The lowest BCUT2D eigenvalue weighted by Gasteiger charge is -2.12.